The first kappa shape index (κ1) is 11.2. The number of rotatable bonds is 4. The molecule has 16 heavy (non-hydrogen) atoms. The van der Waals surface area contributed by atoms with Crippen LogP contribution in [-0.4, -0.2) is 12.6 Å². The Hall–Kier alpha value is -1.28. The van der Waals surface area contributed by atoms with Crippen molar-refractivity contribution >= 4 is 6.08 Å². The monoisotopic (exact) mass is 217 g/mol. The Labute approximate surface area is 97.1 Å². The van der Waals surface area contributed by atoms with Gasteiger partial charge in [0.15, 0.2) is 0 Å². The molecule has 0 unspecified atom stereocenters. The van der Waals surface area contributed by atoms with Crippen LogP contribution < -0.4 is 10.5 Å². The highest BCUT2D eigenvalue weighted by Crippen LogP contribution is 2.28. The fourth-order valence-corrected chi connectivity index (χ4v) is 1.77. The number of nitrogens with two attached hydrogens (primary N) is 1. The summed E-state index contributed by atoms with van der Waals surface area (Å²) in [4.78, 5) is 0. The van der Waals surface area contributed by atoms with Crippen molar-refractivity contribution in [2.75, 3.05) is 6.54 Å². The van der Waals surface area contributed by atoms with E-state index in [1.165, 1.54) is 24.8 Å². The van der Waals surface area contributed by atoms with Crippen LogP contribution in [-0.2, 0) is 0 Å². The first-order valence-electron chi connectivity index (χ1n) is 5.93. The molecule has 0 amide bonds. The van der Waals surface area contributed by atoms with Crippen LogP contribution in [0.25, 0.3) is 6.08 Å². The second-order valence-electron chi connectivity index (χ2n) is 4.35. The Bertz CT molecular complexity index is 380. The lowest BCUT2D eigenvalue weighted by Crippen LogP contribution is -2.24. The third kappa shape index (κ3) is 2.64. The summed E-state index contributed by atoms with van der Waals surface area (Å²) in [6.45, 7) is 2.66. The highest BCUT2D eigenvalue weighted by molar-refractivity contribution is 5.58. The van der Waals surface area contributed by atoms with Gasteiger partial charge in [-0.25, -0.2) is 0 Å². The van der Waals surface area contributed by atoms with E-state index in [1.807, 2.05) is 12.2 Å². The molecule has 2 heteroatoms. The topological polar surface area (TPSA) is 35.2 Å². The van der Waals surface area contributed by atoms with Gasteiger partial charge in [-0.2, -0.15) is 0 Å². The zero-order valence-corrected chi connectivity index (χ0v) is 9.78. The Morgan fingerprint density at radius 2 is 2.25 bits per heavy atom. The molecule has 0 atom stereocenters. The smallest absolute Gasteiger partial charge is 0.126 e. The molecule has 1 aliphatic rings. The van der Waals surface area contributed by atoms with Crippen molar-refractivity contribution in [3.63, 3.8) is 0 Å². The van der Waals surface area contributed by atoms with Crippen molar-refractivity contribution < 1.29 is 4.74 Å². The van der Waals surface area contributed by atoms with E-state index in [9.17, 15) is 0 Å². The van der Waals surface area contributed by atoms with Gasteiger partial charge in [0.25, 0.3) is 0 Å². The van der Waals surface area contributed by atoms with Crippen LogP contribution in [0.15, 0.2) is 24.3 Å². The fourth-order valence-electron chi connectivity index (χ4n) is 1.77. The van der Waals surface area contributed by atoms with Crippen LogP contribution in [0.3, 0.4) is 0 Å². The Morgan fingerprint density at radius 1 is 1.44 bits per heavy atom. The molecule has 1 aliphatic carbocycles. The van der Waals surface area contributed by atoms with Crippen LogP contribution >= 0.6 is 0 Å². The molecule has 2 N–H and O–H groups in total. The summed E-state index contributed by atoms with van der Waals surface area (Å²) in [5.74, 6) is 0.986. The number of benzene rings is 1. The highest BCUT2D eigenvalue weighted by Gasteiger charge is 2.19. The van der Waals surface area contributed by atoms with E-state index in [0.29, 0.717) is 12.6 Å². The Morgan fingerprint density at radius 3 is 2.88 bits per heavy atom. The summed E-state index contributed by atoms with van der Waals surface area (Å²) in [7, 11) is 0. The molecule has 2 nitrogen and oxygen atoms in total. The second kappa shape index (κ2) is 5.17. The largest absolute Gasteiger partial charge is 0.490 e. The molecular weight excluding hydrogens is 198 g/mol. The van der Waals surface area contributed by atoms with Crippen LogP contribution in [0.4, 0.5) is 0 Å². The van der Waals surface area contributed by atoms with Gasteiger partial charge in [0.1, 0.15) is 5.75 Å². The Balaban J connectivity index is 2.16. The third-order valence-electron chi connectivity index (χ3n) is 2.94. The van der Waals surface area contributed by atoms with Crippen molar-refractivity contribution in [1.82, 2.24) is 0 Å². The quantitative estimate of drug-likeness (QED) is 0.841. The maximum atomic E-state index is 5.94. The van der Waals surface area contributed by atoms with Gasteiger partial charge in [0, 0.05) is 12.1 Å². The van der Waals surface area contributed by atoms with Crippen LogP contribution in [0.5, 0.6) is 5.75 Å². The minimum Gasteiger partial charge on any atom is -0.490 e. The van der Waals surface area contributed by atoms with Crippen molar-refractivity contribution in [2.24, 2.45) is 5.73 Å². The number of aryl methyl sites for hydroxylation is 1. The molecule has 0 saturated heterocycles. The lowest BCUT2D eigenvalue weighted by Gasteiger charge is -2.27. The van der Waals surface area contributed by atoms with E-state index in [1.54, 1.807) is 0 Å². The summed E-state index contributed by atoms with van der Waals surface area (Å²) in [6.07, 6.45) is 8.10. The third-order valence-corrected chi connectivity index (χ3v) is 2.94. The molecule has 1 aromatic rings. The van der Waals surface area contributed by atoms with Gasteiger partial charge in [-0.15, -0.1) is 0 Å². The van der Waals surface area contributed by atoms with E-state index in [-0.39, 0.29) is 0 Å². The highest BCUT2D eigenvalue weighted by atomic mass is 16.5. The SMILES string of the molecule is Cc1ccc(OC2CCC2)c(/C=C/CN)c1. The molecule has 0 aromatic heterocycles. The summed E-state index contributed by atoms with van der Waals surface area (Å²) >= 11 is 0. The van der Waals surface area contributed by atoms with E-state index in [2.05, 4.69) is 25.1 Å². The lowest BCUT2D eigenvalue weighted by molar-refractivity contribution is 0.120. The van der Waals surface area contributed by atoms with Crippen molar-refractivity contribution in [3.05, 3.63) is 35.4 Å². The molecule has 1 aromatic carbocycles. The van der Waals surface area contributed by atoms with E-state index in [4.69, 9.17) is 10.5 Å². The van der Waals surface area contributed by atoms with Gasteiger partial charge in [0.05, 0.1) is 6.10 Å². The first-order valence-corrected chi connectivity index (χ1v) is 5.93. The average molecular weight is 217 g/mol. The average Bonchev–Trinajstić information content (AvgIpc) is 2.22. The van der Waals surface area contributed by atoms with Crippen LogP contribution in [0.2, 0.25) is 0 Å². The summed E-state index contributed by atoms with van der Waals surface area (Å²) in [5, 5.41) is 0. The molecule has 1 saturated carbocycles. The van der Waals surface area contributed by atoms with Crippen molar-refractivity contribution in [3.8, 4) is 5.75 Å². The molecule has 1 fully saturated rings. The van der Waals surface area contributed by atoms with E-state index in [0.717, 1.165) is 11.3 Å². The normalized spacial score (nSPS) is 16.4. The van der Waals surface area contributed by atoms with Crippen LogP contribution in [0.1, 0.15) is 30.4 Å². The second-order valence-corrected chi connectivity index (χ2v) is 4.35. The maximum absolute atomic E-state index is 5.94. The number of hydrogen-bond donors (Lipinski definition) is 1. The van der Waals surface area contributed by atoms with E-state index >= 15 is 0 Å². The summed E-state index contributed by atoms with van der Waals surface area (Å²) < 4.78 is 5.94. The predicted molar refractivity (Wildman–Crippen MR) is 67.5 cm³/mol. The molecule has 0 aliphatic heterocycles. The van der Waals surface area contributed by atoms with Crippen LogP contribution in [0, 0.1) is 6.92 Å². The predicted octanol–water partition coefficient (Wildman–Crippen LogP) is 2.90. The minimum absolute atomic E-state index is 0.424. The molecule has 0 bridgehead atoms. The van der Waals surface area contributed by atoms with Crippen molar-refractivity contribution in [1.29, 1.82) is 0 Å². The molecule has 0 heterocycles. The van der Waals surface area contributed by atoms with Gasteiger partial charge >= 0.3 is 0 Å². The molecule has 0 spiro atoms. The Kier molecular flexibility index (Phi) is 3.62. The van der Waals surface area contributed by atoms with Gasteiger partial charge in [0.2, 0.25) is 0 Å². The number of ether oxygens (including phenoxy) is 1. The molecule has 0 radical (unpaired) electrons. The minimum atomic E-state index is 0.424. The fraction of sp³-hybridized carbons (Fsp3) is 0.429. The van der Waals surface area contributed by atoms with E-state index < -0.39 is 0 Å². The van der Waals surface area contributed by atoms with Gasteiger partial charge < -0.3 is 10.5 Å². The summed E-state index contributed by atoms with van der Waals surface area (Å²) in [6, 6.07) is 6.29. The maximum Gasteiger partial charge on any atom is 0.126 e. The molecular formula is C14H19NO. The van der Waals surface area contributed by atoms with Crippen molar-refractivity contribution in [2.45, 2.75) is 32.3 Å². The number of hydrogen-bond acceptors (Lipinski definition) is 2. The molecule has 2 rings (SSSR count). The van der Waals surface area contributed by atoms with Gasteiger partial charge in [-0.1, -0.05) is 23.8 Å². The molecule has 86 valence electrons. The first-order chi connectivity index (χ1) is 7.79. The zero-order valence-electron chi connectivity index (χ0n) is 9.78. The standard InChI is InChI=1S/C14H19NO/c1-11-7-8-14(16-13-5-2-6-13)12(10-11)4-3-9-15/h3-4,7-8,10,13H,2,5-6,9,15H2,1H3/b4-3+. The van der Waals surface area contributed by atoms with Gasteiger partial charge in [-0.3, -0.25) is 0 Å². The summed E-state index contributed by atoms with van der Waals surface area (Å²) in [5.41, 5.74) is 7.86. The lowest BCUT2D eigenvalue weighted by atomic mass is 9.96. The van der Waals surface area contributed by atoms with Gasteiger partial charge in [-0.05, 0) is 38.3 Å². The zero-order chi connectivity index (χ0) is 11.4.